The molecule has 0 bridgehead atoms. The quantitative estimate of drug-likeness (QED) is 0.472. The number of carboxylic acid groups (broad SMARTS) is 1. The lowest BCUT2D eigenvalue weighted by Gasteiger charge is -2.26. The van der Waals surface area contributed by atoms with E-state index < -0.39 is 24.1 Å². The van der Waals surface area contributed by atoms with E-state index in [0.717, 1.165) is 25.7 Å². The minimum atomic E-state index is -1.28. The van der Waals surface area contributed by atoms with Crippen LogP contribution < -0.4 is 16.0 Å². The third kappa shape index (κ3) is 7.86. The van der Waals surface area contributed by atoms with E-state index in [1.165, 1.54) is 11.3 Å². The van der Waals surface area contributed by atoms with Crippen LogP contribution in [0, 0.1) is 5.92 Å². The van der Waals surface area contributed by atoms with Gasteiger partial charge in [-0.1, -0.05) is 32.1 Å². The Morgan fingerprint density at radius 3 is 2.32 bits per heavy atom. The van der Waals surface area contributed by atoms with Gasteiger partial charge in [-0.15, -0.1) is 0 Å². The van der Waals surface area contributed by atoms with Gasteiger partial charge in [0.15, 0.2) is 0 Å². The zero-order valence-corrected chi connectivity index (χ0v) is 14.8. The number of hydrogen-bond donors (Lipinski definition) is 4. The van der Waals surface area contributed by atoms with Gasteiger partial charge in [0.05, 0.1) is 0 Å². The summed E-state index contributed by atoms with van der Waals surface area (Å²) in [4.78, 5) is 47.3. The largest absolute Gasteiger partial charge is 0.465 e. The molecule has 142 valence electrons. The molecule has 9 heteroatoms. The van der Waals surface area contributed by atoms with E-state index in [2.05, 4.69) is 16.0 Å². The molecule has 9 nitrogen and oxygen atoms in total. The molecule has 0 aromatic rings. The maximum Gasteiger partial charge on any atom is 0.405 e. The highest BCUT2D eigenvalue weighted by Crippen LogP contribution is 2.27. The topological polar surface area (TPSA) is 128 Å². The predicted molar refractivity (Wildman–Crippen MR) is 91.2 cm³/mol. The fourth-order valence-electron chi connectivity index (χ4n) is 2.91. The van der Waals surface area contributed by atoms with Gasteiger partial charge in [-0.05, 0) is 12.3 Å². The summed E-state index contributed by atoms with van der Waals surface area (Å²) < 4.78 is 0. The number of aldehydes is 1. The molecule has 1 unspecified atom stereocenters. The molecular weight excluding hydrogens is 328 g/mol. The summed E-state index contributed by atoms with van der Waals surface area (Å²) in [6, 6.07) is -2.21. The zero-order chi connectivity index (χ0) is 18.8. The number of rotatable bonds is 8. The fourth-order valence-corrected chi connectivity index (χ4v) is 2.91. The summed E-state index contributed by atoms with van der Waals surface area (Å²) in [6.45, 7) is -0.0600. The lowest BCUT2D eigenvalue weighted by molar-refractivity contribution is -0.126. The molecule has 0 aromatic heterocycles. The van der Waals surface area contributed by atoms with Crippen LogP contribution in [0.2, 0.25) is 0 Å². The highest BCUT2D eigenvalue weighted by atomic mass is 16.4. The van der Waals surface area contributed by atoms with E-state index in [-0.39, 0.29) is 12.6 Å². The molecule has 4 N–H and O–H groups in total. The Morgan fingerprint density at radius 1 is 1.16 bits per heavy atom. The fraction of sp³-hybridized carbons (Fsp3) is 0.750. The third-order valence-electron chi connectivity index (χ3n) is 4.28. The minimum absolute atomic E-state index is 0.0600. The highest BCUT2D eigenvalue weighted by molar-refractivity contribution is 5.87. The van der Waals surface area contributed by atoms with Crippen molar-refractivity contribution in [2.24, 2.45) is 5.92 Å². The molecule has 0 aromatic carbocycles. The molecule has 1 saturated carbocycles. The first-order valence-corrected chi connectivity index (χ1v) is 8.53. The minimum Gasteiger partial charge on any atom is -0.465 e. The molecular formula is C16H28N4O5. The second kappa shape index (κ2) is 10.5. The van der Waals surface area contributed by atoms with E-state index in [1.54, 1.807) is 14.1 Å². The van der Waals surface area contributed by atoms with Crippen LogP contribution in [-0.2, 0) is 9.59 Å². The molecule has 0 radical (unpaired) electrons. The standard InChI is InChI=1S/C16H28N4O5/c1-20(2)15(23)17-9-12(10-21)18-14(22)13(19-16(24)25)8-11-6-4-3-5-7-11/h10-13,19H,3-9H2,1-2H3,(H,17,23)(H,18,22)(H,24,25)/t12?,13-/m0/s1. The molecule has 1 aliphatic carbocycles. The Morgan fingerprint density at radius 2 is 1.80 bits per heavy atom. The molecule has 2 atom stereocenters. The molecule has 1 aliphatic rings. The molecule has 0 heterocycles. The molecule has 0 spiro atoms. The van der Waals surface area contributed by atoms with Gasteiger partial charge in [-0.25, -0.2) is 9.59 Å². The van der Waals surface area contributed by atoms with Gasteiger partial charge in [0.1, 0.15) is 18.4 Å². The number of amides is 4. The lowest BCUT2D eigenvalue weighted by atomic mass is 9.84. The second-order valence-electron chi connectivity index (χ2n) is 6.57. The number of nitrogens with zero attached hydrogens (tertiary/aromatic N) is 1. The van der Waals surface area contributed by atoms with Crippen LogP contribution in [0.1, 0.15) is 38.5 Å². The summed E-state index contributed by atoms with van der Waals surface area (Å²) in [5.74, 6) is -0.261. The maximum absolute atomic E-state index is 12.4. The van der Waals surface area contributed by atoms with Gasteiger partial charge in [-0.2, -0.15) is 0 Å². The van der Waals surface area contributed by atoms with Crippen molar-refractivity contribution in [2.75, 3.05) is 20.6 Å². The Kier molecular flexibility index (Phi) is 8.73. The average molecular weight is 356 g/mol. The van der Waals surface area contributed by atoms with Crippen molar-refractivity contribution in [3.05, 3.63) is 0 Å². The molecule has 1 fully saturated rings. The van der Waals surface area contributed by atoms with Crippen LogP contribution >= 0.6 is 0 Å². The number of carbonyl (C=O) groups is 4. The average Bonchev–Trinajstić information content (AvgIpc) is 2.57. The van der Waals surface area contributed by atoms with Gasteiger partial charge in [0.25, 0.3) is 0 Å². The smallest absolute Gasteiger partial charge is 0.405 e. The van der Waals surface area contributed by atoms with Crippen LogP contribution in [0.3, 0.4) is 0 Å². The van der Waals surface area contributed by atoms with Crippen molar-refractivity contribution in [1.29, 1.82) is 0 Å². The number of carbonyl (C=O) groups excluding carboxylic acids is 3. The summed E-state index contributed by atoms with van der Waals surface area (Å²) in [6.07, 6.45) is 4.93. The number of nitrogens with one attached hydrogen (secondary N) is 3. The molecule has 1 rings (SSSR count). The van der Waals surface area contributed by atoms with Gasteiger partial charge < -0.3 is 30.8 Å². The first-order chi connectivity index (χ1) is 11.8. The van der Waals surface area contributed by atoms with Gasteiger partial charge in [-0.3, -0.25) is 4.79 Å². The number of urea groups is 1. The summed E-state index contributed by atoms with van der Waals surface area (Å²) >= 11 is 0. The van der Waals surface area contributed by atoms with Crippen molar-refractivity contribution < 1.29 is 24.3 Å². The Labute approximate surface area is 147 Å². The van der Waals surface area contributed by atoms with Crippen LogP contribution in [0.4, 0.5) is 9.59 Å². The van der Waals surface area contributed by atoms with Gasteiger partial charge in [0.2, 0.25) is 5.91 Å². The van der Waals surface area contributed by atoms with Crippen LogP contribution in [0.15, 0.2) is 0 Å². The van der Waals surface area contributed by atoms with E-state index in [4.69, 9.17) is 5.11 Å². The first-order valence-electron chi connectivity index (χ1n) is 8.53. The van der Waals surface area contributed by atoms with Crippen molar-refractivity contribution >= 4 is 24.3 Å². The Hall–Kier alpha value is -2.32. The van der Waals surface area contributed by atoms with Gasteiger partial charge in [0, 0.05) is 20.6 Å². The molecule has 0 aliphatic heterocycles. The molecule has 0 saturated heterocycles. The van der Waals surface area contributed by atoms with Gasteiger partial charge >= 0.3 is 12.1 Å². The van der Waals surface area contributed by atoms with E-state index >= 15 is 0 Å². The summed E-state index contributed by atoms with van der Waals surface area (Å²) in [7, 11) is 3.11. The maximum atomic E-state index is 12.4. The van der Waals surface area contributed by atoms with Crippen molar-refractivity contribution in [3.8, 4) is 0 Å². The van der Waals surface area contributed by atoms with Crippen LogP contribution in [0.25, 0.3) is 0 Å². The molecule has 25 heavy (non-hydrogen) atoms. The Bertz CT molecular complexity index is 477. The normalized spacial score (nSPS) is 17.0. The highest BCUT2D eigenvalue weighted by Gasteiger charge is 2.27. The van der Waals surface area contributed by atoms with Crippen molar-refractivity contribution in [2.45, 2.75) is 50.6 Å². The Balaban J connectivity index is 2.59. The van der Waals surface area contributed by atoms with E-state index in [0.29, 0.717) is 18.6 Å². The van der Waals surface area contributed by atoms with E-state index in [9.17, 15) is 19.2 Å². The molecule has 4 amide bonds. The monoisotopic (exact) mass is 356 g/mol. The first kappa shape index (κ1) is 20.7. The van der Waals surface area contributed by atoms with Crippen LogP contribution in [-0.4, -0.2) is 67.0 Å². The summed E-state index contributed by atoms with van der Waals surface area (Å²) in [5.41, 5.74) is 0. The second-order valence-corrected chi connectivity index (χ2v) is 6.57. The van der Waals surface area contributed by atoms with Crippen molar-refractivity contribution in [3.63, 3.8) is 0 Å². The summed E-state index contributed by atoms with van der Waals surface area (Å²) in [5, 5.41) is 16.2. The van der Waals surface area contributed by atoms with E-state index in [1.807, 2.05) is 0 Å². The van der Waals surface area contributed by atoms with Crippen molar-refractivity contribution in [1.82, 2.24) is 20.9 Å². The predicted octanol–water partition coefficient (Wildman–Crippen LogP) is 0.548. The SMILES string of the molecule is CN(C)C(=O)NCC(C=O)NC(=O)[C@H](CC1CCCCC1)NC(=O)O. The third-order valence-corrected chi connectivity index (χ3v) is 4.28. The lowest BCUT2D eigenvalue weighted by Crippen LogP contribution is -2.53. The van der Waals surface area contributed by atoms with Crippen LogP contribution in [0.5, 0.6) is 0 Å². The zero-order valence-electron chi connectivity index (χ0n) is 14.8. The number of hydrogen-bond acceptors (Lipinski definition) is 4.